The summed E-state index contributed by atoms with van der Waals surface area (Å²) in [6, 6.07) is 8.64. The van der Waals surface area contributed by atoms with Gasteiger partial charge in [-0.2, -0.15) is 0 Å². The highest BCUT2D eigenvalue weighted by Crippen LogP contribution is 2.27. The van der Waals surface area contributed by atoms with E-state index < -0.39 is 0 Å². The Morgan fingerprint density at radius 3 is 2.22 bits per heavy atom. The third-order valence-corrected chi connectivity index (χ3v) is 4.77. The molecule has 1 aromatic heterocycles. The Kier molecular flexibility index (Phi) is 19.1. The smallest absolute Gasteiger partial charge is 0.146 e. The molecule has 5 N–H and O–H groups in total. The Hall–Kier alpha value is -3.38. The van der Waals surface area contributed by atoms with Crippen molar-refractivity contribution in [2.45, 2.75) is 67.2 Å². The van der Waals surface area contributed by atoms with Gasteiger partial charge in [-0.1, -0.05) is 85.9 Å². The maximum absolute atomic E-state index is 13.9. The summed E-state index contributed by atoms with van der Waals surface area (Å²) in [5.41, 5.74) is 9.01. The number of nitrogens with zero attached hydrogens (tertiary/aromatic N) is 1. The summed E-state index contributed by atoms with van der Waals surface area (Å²) in [6.45, 7) is 24.3. The van der Waals surface area contributed by atoms with Gasteiger partial charge >= 0.3 is 0 Å². The van der Waals surface area contributed by atoms with Crippen molar-refractivity contribution in [2.75, 3.05) is 24.7 Å². The first-order valence-corrected chi connectivity index (χ1v) is 12.9. The number of aromatic nitrogens is 1. The van der Waals surface area contributed by atoms with Crippen molar-refractivity contribution in [3.8, 4) is 0 Å². The molecule has 2 rings (SSSR count). The first-order valence-electron chi connectivity index (χ1n) is 12.9. The monoisotopic (exact) mass is 511 g/mol. The fourth-order valence-electron chi connectivity index (χ4n) is 3.01. The van der Waals surface area contributed by atoms with Crippen LogP contribution in [0.1, 0.15) is 65.3 Å². The van der Waals surface area contributed by atoms with Gasteiger partial charge in [0.1, 0.15) is 17.5 Å². The van der Waals surface area contributed by atoms with Gasteiger partial charge in [-0.05, 0) is 61.9 Å². The van der Waals surface area contributed by atoms with Crippen LogP contribution in [-0.4, -0.2) is 19.1 Å². The van der Waals surface area contributed by atoms with Gasteiger partial charge in [0.15, 0.2) is 0 Å². The number of hydrogen-bond donors (Lipinski definition) is 4. The van der Waals surface area contributed by atoms with Gasteiger partial charge in [-0.3, -0.25) is 0 Å². The van der Waals surface area contributed by atoms with Crippen LogP contribution in [0, 0.1) is 12.7 Å². The van der Waals surface area contributed by atoms with Gasteiger partial charge in [0.2, 0.25) is 0 Å². The Balaban J connectivity index is 0. The minimum absolute atomic E-state index is 0.0383. The number of hydrogen-bond acceptors (Lipinski definition) is 5. The van der Waals surface area contributed by atoms with E-state index in [1.165, 1.54) is 18.7 Å². The van der Waals surface area contributed by atoms with Gasteiger partial charge in [-0.15, -0.1) is 0 Å². The molecule has 0 saturated carbocycles. The zero-order chi connectivity index (χ0) is 29.0. The highest BCUT2D eigenvalue weighted by molar-refractivity contribution is 5.51. The van der Waals surface area contributed by atoms with E-state index in [1.807, 2.05) is 46.9 Å². The predicted octanol–water partition coefficient (Wildman–Crippen LogP) is 7.84. The number of benzene rings is 1. The molecule has 6 heteroatoms. The molecule has 0 saturated heterocycles. The molecule has 0 fully saturated rings. The minimum atomic E-state index is -0.335. The molecule has 0 spiro atoms. The van der Waals surface area contributed by atoms with Gasteiger partial charge in [0, 0.05) is 23.9 Å². The van der Waals surface area contributed by atoms with Crippen LogP contribution in [0.3, 0.4) is 0 Å². The molecule has 206 valence electrons. The number of anilines is 2. The number of para-hydroxylation sites is 1. The van der Waals surface area contributed by atoms with Crippen molar-refractivity contribution >= 4 is 11.5 Å². The molecule has 37 heavy (non-hydrogen) atoms. The normalized spacial score (nSPS) is 10.5. The largest absolute Gasteiger partial charge is 0.373 e. The number of halogens is 1. The molecule has 0 aliphatic carbocycles. The zero-order valence-corrected chi connectivity index (χ0v) is 24.7. The van der Waals surface area contributed by atoms with Crippen molar-refractivity contribution in [2.24, 2.45) is 5.73 Å². The molecule has 0 radical (unpaired) electrons. The van der Waals surface area contributed by atoms with Gasteiger partial charge in [0.25, 0.3) is 0 Å². The third-order valence-electron chi connectivity index (χ3n) is 4.77. The highest BCUT2D eigenvalue weighted by Gasteiger charge is 2.18. The van der Waals surface area contributed by atoms with Crippen LogP contribution in [0.15, 0.2) is 79.3 Å². The van der Waals surface area contributed by atoms with E-state index in [0.717, 1.165) is 29.2 Å². The second kappa shape index (κ2) is 19.8. The fourth-order valence-corrected chi connectivity index (χ4v) is 3.01. The van der Waals surface area contributed by atoms with E-state index >= 15 is 0 Å². The number of pyridine rings is 1. The van der Waals surface area contributed by atoms with Gasteiger partial charge in [0.05, 0.1) is 5.69 Å². The van der Waals surface area contributed by atoms with E-state index in [-0.39, 0.29) is 11.2 Å². The fraction of sp³-hybridized carbons (Fsp3) is 0.387. The molecule has 0 unspecified atom stereocenters. The molecule has 0 aliphatic heterocycles. The van der Waals surface area contributed by atoms with Crippen molar-refractivity contribution in [3.63, 3.8) is 0 Å². The second-order valence-electron chi connectivity index (χ2n) is 8.31. The average Bonchev–Trinajstić information content (AvgIpc) is 2.89. The van der Waals surface area contributed by atoms with Crippen LogP contribution < -0.4 is 21.7 Å². The predicted molar refractivity (Wildman–Crippen MR) is 163 cm³/mol. The van der Waals surface area contributed by atoms with Crippen molar-refractivity contribution in [3.05, 3.63) is 102 Å². The lowest BCUT2D eigenvalue weighted by atomic mass is 9.89. The lowest BCUT2D eigenvalue weighted by Crippen LogP contribution is -2.17. The number of rotatable bonds is 9. The van der Waals surface area contributed by atoms with Crippen molar-refractivity contribution in [1.29, 1.82) is 0 Å². The molecule has 1 heterocycles. The Morgan fingerprint density at radius 2 is 1.70 bits per heavy atom. The molecule has 1 aromatic carbocycles. The maximum Gasteiger partial charge on any atom is 0.146 e. The summed E-state index contributed by atoms with van der Waals surface area (Å²) in [4.78, 5) is 4.76. The zero-order valence-electron chi connectivity index (χ0n) is 24.7. The maximum atomic E-state index is 13.9. The summed E-state index contributed by atoms with van der Waals surface area (Å²) in [6.07, 6.45) is 8.31. The van der Waals surface area contributed by atoms with Crippen LogP contribution in [0.5, 0.6) is 0 Å². The average molecular weight is 512 g/mol. The third kappa shape index (κ3) is 12.9. The van der Waals surface area contributed by atoms with E-state index in [4.69, 9.17) is 4.98 Å². The SMILES string of the molecule is C=C/C=C(\C=C/Cc1cc(C(C)(C)C)nc(NC)c1C)NC(=C)Nc1ccccc1F.CC.CC.CN. The highest BCUT2D eigenvalue weighted by atomic mass is 19.1. The summed E-state index contributed by atoms with van der Waals surface area (Å²) in [5, 5.41) is 9.31. The van der Waals surface area contributed by atoms with E-state index in [2.05, 4.69) is 74.7 Å². The van der Waals surface area contributed by atoms with Crippen LogP contribution >= 0.6 is 0 Å². The van der Waals surface area contributed by atoms with Crippen LogP contribution in [0.2, 0.25) is 0 Å². The van der Waals surface area contributed by atoms with Crippen LogP contribution in [-0.2, 0) is 11.8 Å². The topological polar surface area (TPSA) is 75.0 Å². The standard InChI is InChI=1S/C26H33FN4.2C2H6.CH5N/c1-8-12-21(29-19(3)30-23-16-10-9-15-22(23)27)14-11-13-20-17-24(26(4,5)6)31-25(28-7)18(20)2;3*1-2/h8-12,14-17,29-30H,1,3,13H2,2,4-7H3,(H,28,31);2*1-2H3;2H2,1H3/b14-11-,21-12+;;;. The van der Waals surface area contributed by atoms with E-state index in [0.29, 0.717) is 11.5 Å². The Labute approximate surface area is 225 Å². The van der Waals surface area contributed by atoms with Crippen molar-refractivity contribution < 1.29 is 4.39 Å². The minimum Gasteiger partial charge on any atom is -0.373 e. The summed E-state index contributed by atoms with van der Waals surface area (Å²) in [5.74, 6) is 1.03. The first-order chi connectivity index (χ1) is 17.7. The number of nitrogens with two attached hydrogens (primary N) is 1. The summed E-state index contributed by atoms with van der Waals surface area (Å²) in [7, 11) is 3.39. The van der Waals surface area contributed by atoms with E-state index in [1.54, 1.807) is 24.3 Å². The van der Waals surface area contributed by atoms with Gasteiger partial charge < -0.3 is 21.7 Å². The van der Waals surface area contributed by atoms with Crippen molar-refractivity contribution in [1.82, 2.24) is 10.3 Å². The molecule has 2 aromatic rings. The second-order valence-corrected chi connectivity index (χ2v) is 8.31. The molecule has 0 aliphatic rings. The molecular weight excluding hydrogens is 461 g/mol. The number of allylic oxidation sites excluding steroid dienone is 4. The molecule has 0 amide bonds. The lowest BCUT2D eigenvalue weighted by Gasteiger charge is -2.21. The summed E-state index contributed by atoms with van der Waals surface area (Å²) >= 11 is 0. The van der Waals surface area contributed by atoms with Crippen LogP contribution in [0.25, 0.3) is 0 Å². The molecule has 5 nitrogen and oxygen atoms in total. The Morgan fingerprint density at radius 1 is 1.11 bits per heavy atom. The lowest BCUT2D eigenvalue weighted by molar-refractivity contribution is 0.568. The van der Waals surface area contributed by atoms with Gasteiger partial charge in [-0.25, -0.2) is 9.37 Å². The Bertz CT molecular complexity index is 1000. The molecule has 0 bridgehead atoms. The summed E-state index contributed by atoms with van der Waals surface area (Å²) < 4.78 is 13.9. The quantitative estimate of drug-likeness (QED) is 0.258. The van der Waals surface area contributed by atoms with E-state index in [9.17, 15) is 4.39 Å². The first kappa shape index (κ1) is 35.8. The van der Waals surface area contributed by atoms with Crippen LogP contribution in [0.4, 0.5) is 15.9 Å². The molecule has 0 atom stereocenters. The molecular formula is C31H50FN5. The number of nitrogens with one attached hydrogen (secondary N) is 3.